The Bertz CT molecular complexity index is 302. The van der Waals surface area contributed by atoms with Gasteiger partial charge in [-0.2, -0.15) is 13.2 Å². The van der Waals surface area contributed by atoms with Gasteiger partial charge in [-0.15, -0.1) is 0 Å². The monoisotopic (exact) mass is 188 g/mol. The molecular formula is C8H5F3NO. The molecule has 2 heterocycles. The number of aromatic nitrogens is 1. The van der Waals surface area contributed by atoms with Crippen LogP contribution in [0.15, 0.2) is 18.3 Å². The molecular weight excluding hydrogens is 183 g/mol. The van der Waals surface area contributed by atoms with Gasteiger partial charge in [-0.05, 0) is 6.07 Å². The maximum absolute atomic E-state index is 12.0. The molecule has 0 saturated carbocycles. The van der Waals surface area contributed by atoms with Crippen LogP contribution >= 0.6 is 0 Å². The van der Waals surface area contributed by atoms with E-state index in [1.54, 1.807) is 0 Å². The first kappa shape index (κ1) is 8.50. The van der Waals surface area contributed by atoms with E-state index in [0.29, 0.717) is 18.3 Å². The van der Waals surface area contributed by atoms with Crippen LogP contribution in [0, 0.1) is 6.10 Å². The summed E-state index contributed by atoms with van der Waals surface area (Å²) in [6.07, 6.45) is -2.50. The highest BCUT2D eigenvalue weighted by molar-refractivity contribution is 5.30. The van der Waals surface area contributed by atoms with E-state index >= 15 is 0 Å². The Labute approximate surface area is 72.4 Å². The summed E-state index contributed by atoms with van der Waals surface area (Å²) < 4.78 is 40.9. The third kappa shape index (κ3) is 1.80. The minimum atomic E-state index is -4.37. The second-order valence-corrected chi connectivity index (χ2v) is 2.64. The molecule has 0 atom stereocenters. The van der Waals surface area contributed by atoms with Crippen molar-refractivity contribution in [3.63, 3.8) is 0 Å². The number of alkyl halides is 3. The first-order chi connectivity index (χ1) is 6.07. The third-order valence-corrected chi connectivity index (χ3v) is 1.66. The molecule has 1 aromatic rings. The fourth-order valence-corrected chi connectivity index (χ4v) is 0.929. The van der Waals surface area contributed by atoms with E-state index in [0.717, 1.165) is 6.07 Å². The Morgan fingerprint density at radius 3 is 2.38 bits per heavy atom. The van der Waals surface area contributed by atoms with Crippen LogP contribution in [0.5, 0.6) is 0 Å². The van der Waals surface area contributed by atoms with Crippen LogP contribution in [-0.4, -0.2) is 11.6 Å². The average Bonchev–Trinajstić information content (AvgIpc) is 2.85. The molecule has 0 amide bonds. The van der Waals surface area contributed by atoms with E-state index in [1.165, 1.54) is 12.3 Å². The molecule has 0 aromatic carbocycles. The van der Waals surface area contributed by atoms with E-state index in [9.17, 15) is 13.2 Å². The van der Waals surface area contributed by atoms with Gasteiger partial charge >= 0.3 is 6.18 Å². The molecule has 0 unspecified atom stereocenters. The highest BCUT2D eigenvalue weighted by Gasteiger charge is 2.33. The summed E-state index contributed by atoms with van der Waals surface area (Å²) in [5.74, 6) is 0. The van der Waals surface area contributed by atoms with Crippen molar-refractivity contribution in [1.82, 2.24) is 4.98 Å². The van der Waals surface area contributed by atoms with E-state index in [2.05, 4.69) is 4.98 Å². The minimum absolute atomic E-state index is 0.493. The van der Waals surface area contributed by atoms with Crippen LogP contribution in [0.3, 0.4) is 0 Å². The molecule has 1 radical (unpaired) electrons. The molecule has 1 aliphatic rings. The lowest BCUT2D eigenvalue weighted by atomic mass is 10.2. The van der Waals surface area contributed by atoms with E-state index < -0.39 is 11.9 Å². The molecule has 0 spiro atoms. The molecule has 2 rings (SSSR count). The average molecular weight is 188 g/mol. The number of epoxide rings is 1. The Kier molecular flexibility index (Phi) is 1.76. The summed E-state index contributed by atoms with van der Waals surface area (Å²) in [4.78, 5) is 3.29. The van der Waals surface area contributed by atoms with Crippen molar-refractivity contribution in [2.45, 2.75) is 6.18 Å². The SMILES string of the molecule is FC(F)(F)c1ccc([C]2CO2)cn1. The van der Waals surface area contributed by atoms with Gasteiger partial charge in [0.25, 0.3) is 0 Å². The predicted molar refractivity (Wildman–Crippen MR) is 37.5 cm³/mol. The summed E-state index contributed by atoms with van der Waals surface area (Å²) >= 11 is 0. The lowest BCUT2D eigenvalue weighted by Gasteiger charge is -2.04. The fourth-order valence-electron chi connectivity index (χ4n) is 0.929. The third-order valence-electron chi connectivity index (χ3n) is 1.66. The predicted octanol–water partition coefficient (Wildman–Crippen LogP) is 2.01. The molecule has 1 saturated heterocycles. The number of ether oxygens (including phenoxy) is 1. The van der Waals surface area contributed by atoms with Crippen LogP contribution in [0.4, 0.5) is 13.2 Å². The zero-order valence-electron chi connectivity index (χ0n) is 6.43. The number of halogens is 3. The second kappa shape index (κ2) is 2.70. The zero-order chi connectivity index (χ0) is 9.47. The first-order valence-electron chi connectivity index (χ1n) is 3.59. The normalized spacial score (nSPS) is 17.5. The molecule has 5 heteroatoms. The maximum Gasteiger partial charge on any atom is 0.433 e. The Morgan fingerprint density at radius 2 is 2.00 bits per heavy atom. The standard InChI is InChI=1S/C8H5F3NO/c9-8(10,11)7-2-1-5(3-12-7)6-4-13-6/h1-3H,4H2. The van der Waals surface area contributed by atoms with Crippen molar-refractivity contribution in [3.8, 4) is 0 Å². The largest absolute Gasteiger partial charge is 0.433 e. The van der Waals surface area contributed by atoms with Crippen molar-refractivity contribution in [3.05, 3.63) is 35.7 Å². The van der Waals surface area contributed by atoms with Crippen molar-refractivity contribution in [1.29, 1.82) is 0 Å². The summed E-state index contributed by atoms with van der Waals surface area (Å²) in [7, 11) is 0. The molecule has 13 heavy (non-hydrogen) atoms. The van der Waals surface area contributed by atoms with Gasteiger partial charge in [0.15, 0.2) is 6.10 Å². The van der Waals surface area contributed by atoms with Gasteiger partial charge in [-0.3, -0.25) is 4.98 Å². The molecule has 0 bridgehead atoms. The molecule has 1 aromatic heterocycles. The van der Waals surface area contributed by atoms with Crippen molar-refractivity contribution < 1.29 is 17.9 Å². The number of nitrogens with zero attached hydrogens (tertiary/aromatic N) is 1. The van der Waals surface area contributed by atoms with Crippen LogP contribution < -0.4 is 0 Å². The van der Waals surface area contributed by atoms with E-state index in [-0.39, 0.29) is 0 Å². The van der Waals surface area contributed by atoms with Gasteiger partial charge in [0, 0.05) is 11.8 Å². The number of hydrogen-bond donors (Lipinski definition) is 0. The van der Waals surface area contributed by atoms with Gasteiger partial charge in [-0.25, -0.2) is 0 Å². The highest BCUT2D eigenvalue weighted by Crippen LogP contribution is 2.31. The maximum atomic E-state index is 12.0. The highest BCUT2D eigenvalue weighted by atomic mass is 19.4. The number of rotatable bonds is 1. The van der Waals surface area contributed by atoms with Crippen LogP contribution in [0.1, 0.15) is 11.3 Å². The smallest absolute Gasteiger partial charge is 0.361 e. The summed E-state index contributed by atoms with van der Waals surface area (Å²) in [6, 6.07) is 2.31. The minimum Gasteiger partial charge on any atom is -0.361 e. The zero-order valence-corrected chi connectivity index (χ0v) is 6.43. The number of pyridine rings is 1. The van der Waals surface area contributed by atoms with E-state index in [1.807, 2.05) is 0 Å². The van der Waals surface area contributed by atoms with Crippen LogP contribution in [0.25, 0.3) is 0 Å². The van der Waals surface area contributed by atoms with Gasteiger partial charge in [-0.1, -0.05) is 6.07 Å². The lowest BCUT2D eigenvalue weighted by Crippen LogP contribution is -2.07. The van der Waals surface area contributed by atoms with Crippen LogP contribution in [-0.2, 0) is 10.9 Å². The van der Waals surface area contributed by atoms with Gasteiger partial charge in [0.1, 0.15) is 5.69 Å². The summed E-state index contributed by atoms with van der Waals surface area (Å²) in [5.41, 5.74) is -0.259. The van der Waals surface area contributed by atoms with Crippen molar-refractivity contribution in [2.24, 2.45) is 0 Å². The number of hydrogen-bond acceptors (Lipinski definition) is 2. The Morgan fingerprint density at radius 1 is 1.31 bits per heavy atom. The van der Waals surface area contributed by atoms with Gasteiger partial charge < -0.3 is 4.74 Å². The first-order valence-corrected chi connectivity index (χ1v) is 3.59. The van der Waals surface area contributed by atoms with E-state index in [4.69, 9.17) is 4.74 Å². The summed E-state index contributed by atoms with van der Waals surface area (Å²) in [5, 5.41) is 0. The Balaban J connectivity index is 2.22. The topological polar surface area (TPSA) is 25.4 Å². The quantitative estimate of drug-likeness (QED) is 0.630. The van der Waals surface area contributed by atoms with Crippen molar-refractivity contribution >= 4 is 0 Å². The second-order valence-electron chi connectivity index (χ2n) is 2.64. The van der Waals surface area contributed by atoms with Crippen LogP contribution in [0.2, 0.25) is 0 Å². The fraction of sp³-hybridized carbons (Fsp3) is 0.250. The summed E-state index contributed by atoms with van der Waals surface area (Å²) in [6.45, 7) is 0.493. The lowest BCUT2D eigenvalue weighted by molar-refractivity contribution is -0.141. The Hall–Kier alpha value is -1.10. The molecule has 0 aliphatic carbocycles. The molecule has 2 nitrogen and oxygen atoms in total. The van der Waals surface area contributed by atoms with Gasteiger partial charge in [0.05, 0.1) is 6.61 Å². The molecule has 1 aliphatic heterocycles. The van der Waals surface area contributed by atoms with Crippen molar-refractivity contribution in [2.75, 3.05) is 6.61 Å². The molecule has 69 valence electrons. The van der Waals surface area contributed by atoms with Gasteiger partial charge in [0.2, 0.25) is 0 Å². The molecule has 1 fully saturated rings. The molecule has 0 N–H and O–H groups in total.